The van der Waals surface area contributed by atoms with E-state index in [2.05, 4.69) is 42.7 Å². The molecule has 1 amide bonds. The molecule has 0 unspecified atom stereocenters. The van der Waals surface area contributed by atoms with Crippen LogP contribution in [0.5, 0.6) is 0 Å². The minimum absolute atomic E-state index is 0.389. The molecule has 0 aromatic heterocycles. The summed E-state index contributed by atoms with van der Waals surface area (Å²) in [6, 6.07) is 6.49. The number of nitrogens with one attached hydrogen (secondary N) is 2. The van der Waals surface area contributed by atoms with E-state index in [0.717, 1.165) is 13.1 Å². The molecule has 1 aromatic carbocycles. The molecule has 22 heavy (non-hydrogen) atoms. The van der Waals surface area contributed by atoms with Crippen LogP contribution in [0, 0.1) is 13.8 Å². The van der Waals surface area contributed by atoms with Crippen LogP contribution in [0.3, 0.4) is 0 Å². The highest BCUT2D eigenvalue weighted by molar-refractivity contribution is 5.67. The number of carbonyl (C=O) groups is 1. The summed E-state index contributed by atoms with van der Waals surface area (Å²) in [7, 11) is 0. The van der Waals surface area contributed by atoms with Crippen LogP contribution in [0.4, 0.5) is 4.79 Å². The first kappa shape index (κ1) is 18.2. The lowest BCUT2D eigenvalue weighted by Crippen LogP contribution is -2.32. The zero-order valence-electron chi connectivity index (χ0n) is 14.3. The van der Waals surface area contributed by atoms with E-state index >= 15 is 0 Å². The van der Waals surface area contributed by atoms with Crippen molar-refractivity contribution >= 4 is 6.09 Å². The van der Waals surface area contributed by atoms with E-state index in [0.29, 0.717) is 6.54 Å². The molecule has 0 heterocycles. The van der Waals surface area contributed by atoms with Gasteiger partial charge in [-0.2, -0.15) is 0 Å². The first-order valence-corrected chi connectivity index (χ1v) is 7.66. The van der Waals surface area contributed by atoms with Crippen molar-refractivity contribution < 1.29 is 9.53 Å². The van der Waals surface area contributed by atoms with E-state index in [1.165, 1.54) is 16.7 Å². The first-order chi connectivity index (χ1) is 10.3. The van der Waals surface area contributed by atoms with Crippen molar-refractivity contribution in [1.29, 1.82) is 0 Å². The van der Waals surface area contributed by atoms with Crippen LogP contribution in [0.25, 0.3) is 0 Å². The standard InChI is InChI=1S/C18H28N2O2/c1-14-8-9-16(12-15(14)2)13-19-10-6-7-11-20-17(21)22-18(3,4)5/h6-9,12,19H,10-11,13H2,1-5H3,(H,20,21)/b7-6+. The summed E-state index contributed by atoms with van der Waals surface area (Å²) < 4.78 is 5.14. The third-order valence-corrected chi connectivity index (χ3v) is 3.09. The Hall–Kier alpha value is -1.81. The second-order valence-corrected chi connectivity index (χ2v) is 6.40. The highest BCUT2D eigenvalue weighted by Gasteiger charge is 2.14. The summed E-state index contributed by atoms with van der Waals surface area (Å²) >= 11 is 0. The number of aryl methyl sites for hydroxylation is 2. The van der Waals surface area contributed by atoms with Gasteiger partial charge in [-0.05, 0) is 51.3 Å². The molecular formula is C18H28N2O2. The van der Waals surface area contributed by atoms with Crippen molar-refractivity contribution in [3.8, 4) is 0 Å². The van der Waals surface area contributed by atoms with Gasteiger partial charge in [-0.1, -0.05) is 30.4 Å². The second-order valence-electron chi connectivity index (χ2n) is 6.40. The van der Waals surface area contributed by atoms with Crippen LogP contribution in [-0.4, -0.2) is 24.8 Å². The lowest BCUT2D eigenvalue weighted by atomic mass is 10.1. The smallest absolute Gasteiger partial charge is 0.407 e. The lowest BCUT2D eigenvalue weighted by Gasteiger charge is -2.19. The molecule has 0 aliphatic carbocycles. The Morgan fingerprint density at radius 3 is 2.45 bits per heavy atom. The van der Waals surface area contributed by atoms with Gasteiger partial charge in [0.1, 0.15) is 5.60 Å². The quantitative estimate of drug-likeness (QED) is 0.625. The number of hydrogen-bond donors (Lipinski definition) is 2. The average molecular weight is 304 g/mol. The van der Waals surface area contributed by atoms with Crippen LogP contribution in [0.1, 0.15) is 37.5 Å². The molecule has 4 nitrogen and oxygen atoms in total. The summed E-state index contributed by atoms with van der Waals surface area (Å²) in [6.07, 6.45) is 3.52. The minimum atomic E-state index is -0.457. The molecule has 0 radical (unpaired) electrons. The Kier molecular flexibility index (Phi) is 7.12. The van der Waals surface area contributed by atoms with Crippen molar-refractivity contribution in [2.75, 3.05) is 13.1 Å². The first-order valence-electron chi connectivity index (χ1n) is 7.66. The van der Waals surface area contributed by atoms with E-state index in [-0.39, 0.29) is 6.09 Å². The predicted octanol–water partition coefficient (Wildman–Crippen LogP) is 3.47. The molecule has 0 bridgehead atoms. The van der Waals surface area contributed by atoms with Crippen molar-refractivity contribution in [3.63, 3.8) is 0 Å². The predicted molar refractivity (Wildman–Crippen MR) is 91.0 cm³/mol. The maximum atomic E-state index is 11.4. The molecule has 0 fully saturated rings. The van der Waals surface area contributed by atoms with Gasteiger partial charge >= 0.3 is 6.09 Å². The van der Waals surface area contributed by atoms with Crippen LogP contribution >= 0.6 is 0 Å². The Labute approximate surface area is 133 Å². The zero-order chi connectivity index (χ0) is 16.6. The molecule has 0 spiro atoms. The van der Waals surface area contributed by atoms with Crippen LogP contribution < -0.4 is 10.6 Å². The zero-order valence-corrected chi connectivity index (χ0v) is 14.3. The Morgan fingerprint density at radius 2 is 1.82 bits per heavy atom. The maximum absolute atomic E-state index is 11.4. The van der Waals surface area contributed by atoms with E-state index in [4.69, 9.17) is 4.74 Å². The van der Waals surface area contributed by atoms with Crippen molar-refractivity contribution in [2.24, 2.45) is 0 Å². The molecule has 0 saturated carbocycles. The third-order valence-electron chi connectivity index (χ3n) is 3.09. The topological polar surface area (TPSA) is 50.4 Å². The van der Waals surface area contributed by atoms with E-state index in [9.17, 15) is 4.79 Å². The fourth-order valence-corrected chi connectivity index (χ4v) is 1.84. The molecule has 4 heteroatoms. The molecule has 1 rings (SSSR count). The summed E-state index contributed by atoms with van der Waals surface area (Å²) in [5.41, 5.74) is 3.46. The highest BCUT2D eigenvalue weighted by Crippen LogP contribution is 2.09. The van der Waals surface area contributed by atoms with Crippen LogP contribution in [0.15, 0.2) is 30.4 Å². The minimum Gasteiger partial charge on any atom is -0.444 e. The number of alkyl carbamates (subject to hydrolysis) is 1. The van der Waals surface area contributed by atoms with Gasteiger partial charge in [0.05, 0.1) is 0 Å². The fourth-order valence-electron chi connectivity index (χ4n) is 1.84. The Bertz CT molecular complexity index is 516. The number of benzene rings is 1. The number of carbonyl (C=O) groups excluding carboxylic acids is 1. The molecule has 0 atom stereocenters. The second kappa shape index (κ2) is 8.59. The largest absolute Gasteiger partial charge is 0.444 e. The number of ether oxygens (including phenoxy) is 1. The highest BCUT2D eigenvalue weighted by atomic mass is 16.6. The van der Waals surface area contributed by atoms with Gasteiger partial charge in [-0.25, -0.2) is 4.79 Å². The van der Waals surface area contributed by atoms with Crippen LogP contribution in [-0.2, 0) is 11.3 Å². The summed E-state index contributed by atoms with van der Waals surface area (Å²) in [4.78, 5) is 11.4. The number of rotatable bonds is 6. The van der Waals surface area contributed by atoms with Crippen molar-refractivity contribution in [3.05, 3.63) is 47.0 Å². The molecule has 2 N–H and O–H groups in total. The summed E-state index contributed by atoms with van der Waals surface area (Å²) in [6.45, 7) is 11.9. The fraction of sp³-hybridized carbons (Fsp3) is 0.500. The van der Waals surface area contributed by atoms with Gasteiger partial charge in [0.25, 0.3) is 0 Å². The molecule has 0 saturated heterocycles. The lowest BCUT2D eigenvalue weighted by molar-refractivity contribution is 0.0534. The van der Waals surface area contributed by atoms with E-state index < -0.39 is 5.60 Å². The average Bonchev–Trinajstić information content (AvgIpc) is 2.39. The normalized spacial score (nSPS) is 11.7. The Balaban J connectivity index is 2.16. The third kappa shape index (κ3) is 7.84. The van der Waals surface area contributed by atoms with Gasteiger partial charge in [0.2, 0.25) is 0 Å². The number of amides is 1. The van der Waals surface area contributed by atoms with Crippen molar-refractivity contribution in [2.45, 2.75) is 46.8 Å². The van der Waals surface area contributed by atoms with Gasteiger partial charge in [-0.15, -0.1) is 0 Å². The van der Waals surface area contributed by atoms with Gasteiger partial charge in [0, 0.05) is 19.6 Å². The molecule has 0 aliphatic rings. The molecular weight excluding hydrogens is 276 g/mol. The van der Waals surface area contributed by atoms with E-state index in [1.54, 1.807) is 0 Å². The monoisotopic (exact) mass is 304 g/mol. The molecule has 0 aliphatic heterocycles. The van der Waals surface area contributed by atoms with Crippen LogP contribution in [0.2, 0.25) is 0 Å². The summed E-state index contributed by atoms with van der Waals surface area (Å²) in [5.74, 6) is 0. The van der Waals surface area contributed by atoms with E-state index in [1.807, 2.05) is 32.9 Å². The van der Waals surface area contributed by atoms with Gasteiger partial charge in [-0.3, -0.25) is 0 Å². The summed E-state index contributed by atoms with van der Waals surface area (Å²) in [5, 5.41) is 6.03. The van der Waals surface area contributed by atoms with Crippen molar-refractivity contribution in [1.82, 2.24) is 10.6 Å². The maximum Gasteiger partial charge on any atom is 0.407 e. The van der Waals surface area contributed by atoms with Gasteiger partial charge < -0.3 is 15.4 Å². The number of hydrogen-bond acceptors (Lipinski definition) is 3. The molecule has 1 aromatic rings. The SMILES string of the molecule is Cc1ccc(CNC/C=C/CNC(=O)OC(C)(C)C)cc1C. The molecule has 122 valence electrons. The Morgan fingerprint density at radius 1 is 1.14 bits per heavy atom. The van der Waals surface area contributed by atoms with Gasteiger partial charge in [0.15, 0.2) is 0 Å².